The molecule has 150 valence electrons. The van der Waals surface area contributed by atoms with Crippen LogP contribution in [0.25, 0.3) is 0 Å². The average molecular weight is 470 g/mol. The van der Waals surface area contributed by atoms with E-state index in [1.807, 2.05) is 0 Å². The van der Waals surface area contributed by atoms with Crippen LogP contribution < -0.4 is 16.0 Å². The first-order valence-corrected chi connectivity index (χ1v) is 10.4. The Morgan fingerprint density at radius 1 is 0.931 bits per heavy atom. The molecule has 0 spiro atoms. The van der Waals surface area contributed by atoms with Crippen molar-refractivity contribution in [2.75, 3.05) is 16.0 Å². The smallest absolute Gasteiger partial charge is 0.325 e. The van der Waals surface area contributed by atoms with Gasteiger partial charge >= 0.3 is 6.03 Å². The molecule has 0 saturated carbocycles. The number of halogens is 3. The van der Waals surface area contributed by atoms with Crippen LogP contribution in [0.5, 0.6) is 0 Å². The Labute approximate surface area is 186 Å². The lowest BCUT2D eigenvalue weighted by Gasteiger charge is -2.06. The summed E-state index contributed by atoms with van der Waals surface area (Å²) in [5.74, 6) is -0.176. The van der Waals surface area contributed by atoms with Crippen LogP contribution in [-0.2, 0) is 11.2 Å². The number of aryl methyl sites for hydroxylation is 1. The van der Waals surface area contributed by atoms with Crippen molar-refractivity contribution < 1.29 is 9.59 Å². The lowest BCUT2D eigenvalue weighted by atomic mass is 10.2. The van der Waals surface area contributed by atoms with Gasteiger partial charge in [0.05, 0.1) is 15.7 Å². The molecule has 0 saturated heterocycles. The number of carbonyl (C=O) groups excluding carboxylic acids is 2. The first-order valence-electron chi connectivity index (χ1n) is 8.42. The topological polar surface area (TPSA) is 83.1 Å². The van der Waals surface area contributed by atoms with Crippen molar-refractivity contribution in [3.8, 4) is 0 Å². The zero-order valence-corrected chi connectivity index (χ0v) is 17.9. The van der Waals surface area contributed by atoms with E-state index in [1.54, 1.807) is 47.8 Å². The predicted octanol–water partition coefficient (Wildman–Crippen LogP) is 6.32. The number of amides is 3. The molecule has 0 atom stereocenters. The molecule has 2 aromatic carbocycles. The quantitative estimate of drug-likeness (QED) is 0.395. The van der Waals surface area contributed by atoms with Crippen LogP contribution in [0.1, 0.15) is 12.1 Å². The molecule has 3 amide bonds. The third-order valence-electron chi connectivity index (χ3n) is 3.67. The van der Waals surface area contributed by atoms with Crippen LogP contribution in [0.3, 0.4) is 0 Å². The van der Waals surface area contributed by atoms with Crippen LogP contribution in [0.4, 0.5) is 21.3 Å². The van der Waals surface area contributed by atoms with E-state index in [0.29, 0.717) is 43.7 Å². The van der Waals surface area contributed by atoms with E-state index in [9.17, 15) is 9.59 Å². The standard InChI is InChI=1S/C19H15Cl3N4O2S/c20-11-2-1-3-12(8-11)24-18(28)26-19-25-14(10-29-19)5-7-17(27)23-13-4-6-15(21)16(22)9-13/h1-4,6,8-10H,5,7H2,(H,23,27)(H2,24,25,26,28). The first kappa shape index (κ1) is 21.4. The van der Waals surface area contributed by atoms with E-state index in [2.05, 4.69) is 20.9 Å². The third kappa shape index (κ3) is 6.61. The summed E-state index contributed by atoms with van der Waals surface area (Å²) in [4.78, 5) is 28.5. The Morgan fingerprint density at radius 2 is 1.72 bits per heavy atom. The fourth-order valence-corrected chi connectivity index (χ4v) is 3.57. The highest BCUT2D eigenvalue weighted by Crippen LogP contribution is 2.25. The summed E-state index contributed by atoms with van der Waals surface area (Å²) in [6.45, 7) is 0. The molecule has 10 heteroatoms. The molecule has 0 aliphatic heterocycles. The molecule has 29 heavy (non-hydrogen) atoms. The number of aromatic nitrogens is 1. The summed E-state index contributed by atoms with van der Waals surface area (Å²) in [7, 11) is 0. The van der Waals surface area contributed by atoms with Gasteiger partial charge in [-0.25, -0.2) is 9.78 Å². The van der Waals surface area contributed by atoms with Crippen LogP contribution in [0, 0.1) is 0 Å². The molecular weight excluding hydrogens is 455 g/mol. The van der Waals surface area contributed by atoms with E-state index < -0.39 is 6.03 Å². The Morgan fingerprint density at radius 3 is 2.48 bits per heavy atom. The fraction of sp³-hybridized carbons (Fsp3) is 0.105. The second-order valence-corrected chi connectivity index (χ2v) is 8.02. The molecule has 0 aliphatic carbocycles. The SMILES string of the molecule is O=C(CCc1csc(NC(=O)Nc2cccc(Cl)c2)n1)Nc1ccc(Cl)c(Cl)c1. The van der Waals surface area contributed by atoms with E-state index in [0.717, 1.165) is 0 Å². The second kappa shape index (κ2) is 9.93. The molecule has 0 bridgehead atoms. The van der Waals surface area contributed by atoms with E-state index in [4.69, 9.17) is 34.8 Å². The minimum Gasteiger partial charge on any atom is -0.326 e. The number of nitrogens with one attached hydrogen (secondary N) is 3. The van der Waals surface area contributed by atoms with E-state index in [1.165, 1.54) is 11.3 Å². The van der Waals surface area contributed by atoms with Crippen LogP contribution in [0.15, 0.2) is 47.8 Å². The summed E-state index contributed by atoms with van der Waals surface area (Å²) < 4.78 is 0. The zero-order valence-electron chi connectivity index (χ0n) is 14.8. The number of hydrogen-bond acceptors (Lipinski definition) is 4. The summed E-state index contributed by atoms with van der Waals surface area (Å²) in [5.41, 5.74) is 1.85. The zero-order chi connectivity index (χ0) is 20.8. The van der Waals surface area contributed by atoms with Gasteiger partial charge in [0.1, 0.15) is 0 Å². The number of anilines is 3. The Balaban J connectivity index is 1.47. The van der Waals surface area contributed by atoms with Gasteiger partial charge in [0.2, 0.25) is 5.91 Å². The molecule has 1 heterocycles. The minimum absolute atomic E-state index is 0.176. The van der Waals surface area contributed by atoms with Gasteiger partial charge in [0, 0.05) is 28.2 Å². The highest BCUT2D eigenvalue weighted by atomic mass is 35.5. The van der Waals surface area contributed by atoms with Crippen LogP contribution in [-0.4, -0.2) is 16.9 Å². The van der Waals surface area contributed by atoms with Gasteiger partial charge in [-0.2, -0.15) is 0 Å². The van der Waals surface area contributed by atoms with Crippen molar-refractivity contribution in [1.29, 1.82) is 0 Å². The normalized spacial score (nSPS) is 10.4. The second-order valence-electron chi connectivity index (χ2n) is 5.91. The van der Waals surface area contributed by atoms with Crippen molar-refractivity contribution in [1.82, 2.24) is 4.98 Å². The largest absolute Gasteiger partial charge is 0.326 e. The molecule has 3 aromatic rings. The monoisotopic (exact) mass is 468 g/mol. The predicted molar refractivity (Wildman–Crippen MR) is 120 cm³/mol. The number of carbonyl (C=O) groups is 2. The molecule has 3 rings (SSSR count). The lowest BCUT2D eigenvalue weighted by Crippen LogP contribution is -2.19. The van der Waals surface area contributed by atoms with Gasteiger partial charge in [0.15, 0.2) is 5.13 Å². The Hall–Kier alpha value is -2.32. The number of urea groups is 1. The third-order valence-corrected chi connectivity index (χ3v) is 5.45. The van der Waals surface area contributed by atoms with Gasteiger partial charge in [-0.05, 0) is 42.8 Å². The number of hydrogen-bond donors (Lipinski definition) is 3. The minimum atomic E-state index is -0.425. The maximum Gasteiger partial charge on any atom is 0.325 e. The van der Waals surface area contributed by atoms with Gasteiger partial charge in [0.25, 0.3) is 0 Å². The van der Waals surface area contributed by atoms with Crippen molar-refractivity contribution in [3.63, 3.8) is 0 Å². The number of thiazole rings is 1. The molecule has 0 radical (unpaired) electrons. The van der Waals surface area contributed by atoms with Crippen LogP contribution in [0.2, 0.25) is 15.1 Å². The van der Waals surface area contributed by atoms with Gasteiger partial charge < -0.3 is 10.6 Å². The van der Waals surface area contributed by atoms with Gasteiger partial charge in [-0.1, -0.05) is 40.9 Å². The number of benzene rings is 2. The van der Waals surface area contributed by atoms with Crippen LogP contribution >= 0.6 is 46.1 Å². The highest BCUT2D eigenvalue weighted by molar-refractivity contribution is 7.13. The van der Waals surface area contributed by atoms with Gasteiger partial charge in [-0.15, -0.1) is 11.3 Å². The Kier molecular flexibility index (Phi) is 7.33. The van der Waals surface area contributed by atoms with Crippen molar-refractivity contribution in [2.45, 2.75) is 12.8 Å². The highest BCUT2D eigenvalue weighted by Gasteiger charge is 2.10. The van der Waals surface area contributed by atoms with Gasteiger partial charge in [-0.3, -0.25) is 10.1 Å². The molecule has 0 unspecified atom stereocenters. The number of nitrogens with zero attached hydrogens (tertiary/aromatic N) is 1. The molecule has 0 fully saturated rings. The number of rotatable bonds is 6. The molecule has 0 aliphatic rings. The summed E-state index contributed by atoms with van der Waals surface area (Å²) in [5, 5.41) is 11.6. The summed E-state index contributed by atoms with van der Waals surface area (Å²) in [6, 6.07) is 11.3. The van der Waals surface area contributed by atoms with Crippen molar-refractivity contribution >= 4 is 74.6 Å². The Bertz CT molecular complexity index is 1040. The lowest BCUT2D eigenvalue weighted by molar-refractivity contribution is -0.116. The average Bonchev–Trinajstić information content (AvgIpc) is 3.10. The van der Waals surface area contributed by atoms with Crippen molar-refractivity contribution in [3.05, 3.63) is 68.6 Å². The maximum atomic E-state index is 12.1. The molecule has 3 N–H and O–H groups in total. The maximum absolute atomic E-state index is 12.1. The summed E-state index contributed by atoms with van der Waals surface area (Å²) in [6.07, 6.45) is 0.666. The molecule has 1 aromatic heterocycles. The fourth-order valence-electron chi connectivity index (χ4n) is 2.34. The molecule has 6 nitrogen and oxygen atoms in total. The van der Waals surface area contributed by atoms with E-state index >= 15 is 0 Å². The van der Waals surface area contributed by atoms with Crippen molar-refractivity contribution in [2.24, 2.45) is 0 Å². The first-order chi connectivity index (χ1) is 13.9. The van der Waals surface area contributed by atoms with E-state index in [-0.39, 0.29) is 12.3 Å². The summed E-state index contributed by atoms with van der Waals surface area (Å²) >= 11 is 19.0. The molecular formula is C19H15Cl3N4O2S.